The molecule has 0 saturated carbocycles. The second-order valence-corrected chi connectivity index (χ2v) is 7.09. The summed E-state index contributed by atoms with van der Waals surface area (Å²) in [6, 6.07) is 4.70. The molecule has 0 unspecified atom stereocenters. The Kier molecular flexibility index (Phi) is 9.55. The van der Waals surface area contributed by atoms with E-state index in [0.29, 0.717) is 23.5 Å². The zero-order chi connectivity index (χ0) is 19.5. The maximum Gasteiger partial charge on any atom is 0.319 e. The minimum Gasteiger partial charge on any atom is -0.495 e. The average molecular weight is 364 g/mol. The van der Waals surface area contributed by atoms with Gasteiger partial charge in [-0.1, -0.05) is 39.5 Å². The number of nitrogens with one attached hydrogen (secondary N) is 2. The Morgan fingerprint density at radius 3 is 2.42 bits per heavy atom. The van der Waals surface area contributed by atoms with E-state index < -0.39 is 0 Å². The van der Waals surface area contributed by atoms with Gasteiger partial charge in [-0.2, -0.15) is 0 Å². The first-order valence-corrected chi connectivity index (χ1v) is 9.29. The second kappa shape index (κ2) is 11.4. The van der Waals surface area contributed by atoms with Crippen molar-refractivity contribution in [2.45, 2.75) is 46.0 Å². The fourth-order valence-electron chi connectivity index (χ4n) is 2.60. The quantitative estimate of drug-likeness (QED) is 0.614. The molecule has 6 nitrogen and oxygen atoms in total. The Hall–Kier alpha value is -2.24. The van der Waals surface area contributed by atoms with E-state index in [1.807, 2.05) is 0 Å². The van der Waals surface area contributed by atoms with Gasteiger partial charge < -0.3 is 20.3 Å². The van der Waals surface area contributed by atoms with Gasteiger partial charge >= 0.3 is 6.03 Å². The van der Waals surface area contributed by atoms with Crippen LogP contribution in [0.15, 0.2) is 18.2 Å². The molecular weight excluding hydrogens is 330 g/mol. The zero-order valence-electron chi connectivity index (χ0n) is 16.7. The predicted octanol–water partition coefficient (Wildman–Crippen LogP) is 4.13. The van der Waals surface area contributed by atoms with Crippen LogP contribution >= 0.6 is 0 Å². The maximum atomic E-state index is 12.1. The van der Waals surface area contributed by atoms with Crippen molar-refractivity contribution in [3.63, 3.8) is 0 Å². The highest BCUT2D eigenvalue weighted by atomic mass is 16.5. The Labute approximate surface area is 157 Å². The molecule has 0 aromatic heterocycles. The number of amides is 3. The highest BCUT2D eigenvalue weighted by Gasteiger charge is 2.13. The molecular formula is C20H33N3O3. The maximum absolute atomic E-state index is 12.1. The van der Waals surface area contributed by atoms with Crippen molar-refractivity contribution >= 4 is 17.6 Å². The van der Waals surface area contributed by atoms with E-state index in [1.54, 1.807) is 32.3 Å². The first-order valence-electron chi connectivity index (χ1n) is 9.29. The third kappa shape index (κ3) is 7.76. The van der Waals surface area contributed by atoms with Crippen LogP contribution in [0.25, 0.3) is 0 Å². The molecule has 1 aromatic rings. The number of unbranched alkanes of at least 4 members (excludes halogenated alkanes) is 3. The zero-order valence-corrected chi connectivity index (χ0v) is 16.7. The highest BCUT2D eigenvalue weighted by Crippen LogP contribution is 2.25. The molecule has 0 atom stereocenters. The Morgan fingerprint density at radius 1 is 1.12 bits per heavy atom. The van der Waals surface area contributed by atoms with Crippen LogP contribution in [-0.2, 0) is 0 Å². The molecule has 26 heavy (non-hydrogen) atoms. The summed E-state index contributed by atoms with van der Waals surface area (Å²) in [6.07, 6.45) is 5.78. The van der Waals surface area contributed by atoms with Crippen LogP contribution < -0.4 is 15.4 Å². The van der Waals surface area contributed by atoms with Crippen LogP contribution in [0.3, 0.4) is 0 Å². The lowest BCUT2D eigenvalue weighted by Gasteiger charge is -2.15. The van der Waals surface area contributed by atoms with Crippen molar-refractivity contribution in [2.24, 2.45) is 5.92 Å². The number of ether oxygens (including phenoxy) is 1. The number of hydrogen-bond donors (Lipinski definition) is 2. The molecule has 3 amide bonds. The number of hydrogen-bond acceptors (Lipinski definition) is 3. The molecule has 0 aliphatic heterocycles. The van der Waals surface area contributed by atoms with E-state index in [0.717, 1.165) is 18.8 Å². The van der Waals surface area contributed by atoms with Gasteiger partial charge in [-0.05, 0) is 30.5 Å². The lowest BCUT2D eigenvalue weighted by atomic mass is 10.0. The first-order chi connectivity index (χ1) is 12.3. The number of methoxy groups -OCH3 is 1. The number of benzene rings is 1. The number of rotatable bonds is 10. The molecule has 0 fully saturated rings. The van der Waals surface area contributed by atoms with E-state index in [1.165, 1.54) is 31.3 Å². The number of carbonyl (C=O) groups is 2. The third-order valence-electron chi connectivity index (χ3n) is 4.09. The van der Waals surface area contributed by atoms with Gasteiger partial charge in [0.2, 0.25) is 0 Å². The molecule has 0 heterocycles. The Morgan fingerprint density at radius 2 is 1.81 bits per heavy atom. The topological polar surface area (TPSA) is 70.7 Å². The SMILES string of the molecule is COc1ccc(C(=O)N(C)C)cc1NC(=O)NCCCCCCC(C)C. The van der Waals surface area contributed by atoms with Crippen molar-refractivity contribution in [2.75, 3.05) is 33.1 Å². The van der Waals surface area contributed by atoms with Gasteiger partial charge in [0.1, 0.15) is 5.75 Å². The Balaban J connectivity index is 2.47. The van der Waals surface area contributed by atoms with Gasteiger partial charge in [0.25, 0.3) is 5.91 Å². The normalized spacial score (nSPS) is 10.5. The number of carbonyl (C=O) groups excluding carboxylic acids is 2. The van der Waals surface area contributed by atoms with Crippen LogP contribution in [0.5, 0.6) is 5.75 Å². The van der Waals surface area contributed by atoms with Crippen molar-refractivity contribution in [1.29, 1.82) is 0 Å². The smallest absolute Gasteiger partial charge is 0.319 e. The molecule has 0 bridgehead atoms. The molecule has 1 aromatic carbocycles. The third-order valence-corrected chi connectivity index (χ3v) is 4.09. The van der Waals surface area contributed by atoms with Gasteiger partial charge in [-0.15, -0.1) is 0 Å². The van der Waals surface area contributed by atoms with Crippen molar-refractivity contribution < 1.29 is 14.3 Å². The summed E-state index contributed by atoms with van der Waals surface area (Å²) < 4.78 is 5.26. The molecule has 0 aliphatic carbocycles. The second-order valence-electron chi connectivity index (χ2n) is 7.09. The van der Waals surface area contributed by atoms with E-state index in [2.05, 4.69) is 24.5 Å². The summed E-state index contributed by atoms with van der Waals surface area (Å²) in [5.41, 5.74) is 0.978. The van der Waals surface area contributed by atoms with E-state index in [4.69, 9.17) is 4.74 Å². The van der Waals surface area contributed by atoms with Crippen LogP contribution in [0.4, 0.5) is 10.5 Å². The molecule has 2 N–H and O–H groups in total. The molecule has 0 saturated heterocycles. The summed E-state index contributed by atoms with van der Waals surface area (Å²) in [7, 11) is 4.91. The van der Waals surface area contributed by atoms with Crippen LogP contribution in [0.2, 0.25) is 0 Å². The minimum absolute atomic E-state index is 0.127. The summed E-state index contributed by atoms with van der Waals surface area (Å²) in [5, 5.41) is 5.62. The van der Waals surface area contributed by atoms with Gasteiger partial charge in [0.15, 0.2) is 0 Å². The fraction of sp³-hybridized carbons (Fsp3) is 0.600. The monoisotopic (exact) mass is 363 g/mol. The van der Waals surface area contributed by atoms with Crippen LogP contribution in [0, 0.1) is 5.92 Å². The lowest BCUT2D eigenvalue weighted by Crippen LogP contribution is -2.30. The summed E-state index contributed by atoms with van der Waals surface area (Å²) in [6.45, 7) is 5.11. The summed E-state index contributed by atoms with van der Waals surface area (Å²) in [5.74, 6) is 1.14. The first kappa shape index (κ1) is 21.8. The van der Waals surface area contributed by atoms with Crippen LogP contribution in [0.1, 0.15) is 56.3 Å². The highest BCUT2D eigenvalue weighted by molar-refractivity contribution is 5.97. The molecule has 0 radical (unpaired) electrons. The molecule has 0 aliphatic rings. The van der Waals surface area contributed by atoms with Crippen molar-refractivity contribution in [1.82, 2.24) is 10.2 Å². The molecule has 0 spiro atoms. The van der Waals surface area contributed by atoms with Gasteiger partial charge in [-0.3, -0.25) is 4.79 Å². The van der Waals surface area contributed by atoms with Gasteiger partial charge in [0, 0.05) is 26.2 Å². The lowest BCUT2D eigenvalue weighted by molar-refractivity contribution is 0.0827. The van der Waals surface area contributed by atoms with Crippen molar-refractivity contribution in [3.8, 4) is 5.75 Å². The molecule has 146 valence electrons. The van der Waals surface area contributed by atoms with E-state index in [-0.39, 0.29) is 11.9 Å². The number of urea groups is 1. The van der Waals surface area contributed by atoms with Crippen LogP contribution in [-0.4, -0.2) is 44.6 Å². The van der Waals surface area contributed by atoms with Gasteiger partial charge in [-0.25, -0.2) is 4.79 Å². The Bertz CT molecular complexity index is 586. The minimum atomic E-state index is -0.292. The van der Waals surface area contributed by atoms with Crippen molar-refractivity contribution in [3.05, 3.63) is 23.8 Å². The summed E-state index contributed by atoms with van der Waals surface area (Å²) >= 11 is 0. The number of anilines is 1. The van der Waals surface area contributed by atoms with E-state index >= 15 is 0 Å². The largest absolute Gasteiger partial charge is 0.495 e. The van der Waals surface area contributed by atoms with E-state index in [9.17, 15) is 9.59 Å². The molecule has 1 rings (SSSR count). The van der Waals surface area contributed by atoms with Gasteiger partial charge in [0.05, 0.1) is 12.8 Å². The standard InChI is InChI=1S/C20H33N3O3/c1-15(2)10-8-6-7-9-13-21-20(25)22-17-14-16(19(24)23(3)4)11-12-18(17)26-5/h11-12,14-15H,6-10,13H2,1-5H3,(H2,21,22,25). The fourth-order valence-corrected chi connectivity index (χ4v) is 2.60. The molecule has 6 heteroatoms. The summed E-state index contributed by atoms with van der Waals surface area (Å²) in [4.78, 5) is 25.7. The predicted molar refractivity (Wildman–Crippen MR) is 106 cm³/mol. The average Bonchev–Trinajstić information content (AvgIpc) is 2.59. The number of nitrogens with zero attached hydrogens (tertiary/aromatic N) is 1.